The van der Waals surface area contributed by atoms with Crippen molar-refractivity contribution < 1.29 is 14.3 Å². The fraction of sp³-hybridized carbons (Fsp3) is 0.316. The zero-order valence-electron chi connectivity index (χ0n) is 16.3. The molecule has 0 bridgehead atoms. The van der Waals surface area contributed by atoms with Gasteiger partial charge < -0.3 is 19.4 Å². The summed E-state index contributed by atoms with van der Waals surface area (Å²) in [6.07, 6.45) is 0.942. The molecule has 2 aromatic heterocycles. The number of aromatic nitrogens is 3. The predicted octanol–water partition coefficient (Wildman–Crippen LogP) is 4.82. The van der Waals surface area contributed by atoms with E-state index in [-0.39, 0.29) is 11.7 Å². The smallest absolute Gasteiger partial charge is 0.234 e. The highest BCUT2D eigenvalue weighted by Crippen LogP contribution is 2.36. The summed E-state index contributed by atoms with van der Waals surface area (Å²) in [5.74, 6) is 1.73. The summed E-state index contributed by atoms with van der Waals surface area (Å²) < 4.78 is 12.6. The minimum atomic E-state index is -0.193. The Morgan fingerprint density at radius 2 is 2.07 bits per heavy atom. The van der Waals surface area contributed by atoms with Crippen molar-refractivity contribution in [1.82, 2.24) is 14.8 Å². The van der Waals surface area contributed by atoms with Gasteiger partial charge in [0.1, 0.15) is 11.5 Å². The number of carbonyl (C=O) groups excluding carboxylic acids is 1. The molecular formula is C19H21ClN4O3S2. The van der Waals surface area contributed by atoms with Crippen molar-refractivity contribution >= 4 is 46.3 Å². The number of thioether (sulfide) groups is 1. The third-order valence-electron chi connectivity index (χ3n) is 3.99. The van der Waals surface area contributed by atoms with E-state index in [4.69, 9.17) is 21.1 Å². The summed E-state index contributed by atoms with van der Waals surface area (Å²) in [5, 5.41) is 14.6. The molecule has 7 nitrogen and oxygen atoms in total. The lowest BCUT2D eigenvalue weighted by Gasteiger charge is -2.13. The van der Waals surface area contributed by atoms with Gasteiger partial charge in [0.25, 0.3) is 0 Å². The van der Waals surface area contributed by atoms with E-state index < -0.39 is 0 Å². The SMILES string of the molecule is CCCn1c(SCC(=O)Nc2cc(OC)c(Cl)cc2OC)nnc1-c1cccs1. The third-order valence-corrected chi connectivity index (χ3v) is 6.11. The van der Waals surface area contributed by atoms with E-state index in [1.165, 1.54) is 26.0 Å². The van der Waals surface area contributed by atoms with Crippen LogP contribution in [-0.4, -0.2) is 40.6 Å². The molecule has 1 aromatic carbocycles. The Kier molecular flexibility index (Phi) is 7.40. The second-order valence-corrected chi connectivity index (χ2v) is 8.26. The lowest BCUT2D eigenvalue weighted by molar-refractivity contribution is -0.113. The van der Waals surface area contributed by atoms with Crippen LogP contribution < -0.4 is 14.8 Å². The first-order chi connectivity index (χ1) is 14.1. The van der Waals surface area contributed by atoms with Gasteiger partial charge in [0.15, 0.2) is 11.0 Å². The number of ether oxygens (including phenoxy) is 2. The molecule has 29 heavy (non-hydrogen) atoms. The van der Waals surface area contributed by atoms with E-state index in [9.17, 15) is 4.79 Å². The quantitative estimate of drug-likeness (QED) is 0.469. The molecule has 0 fully saturated rings. The topological polar surface area (TPSA) is 78.3 Å². The Hall–Kier alpha value is -2.23. The molecule has 1 N–H and O–H groups in total. The van der Waals surface area contributed by atoms with Crippen molar-refractivity contribution in [3.8, 4) is 22.2 Å². The van der Waals surface area contributed by atoms with Crippen LogP contribution in [0.25, 0.3) is 10.7 Å². The van der Waals surface area contributed by atoms with Crippen molar-refractivity contribution in [2.45, 2.75) is 25.0 Å². The summed E-state index contributed by atoms with van der Waals surface area (Å²) in [7, 11) is 3.03. The molecule has 10 heteroatoms. The van der Waals surface area contributed by atoms with Gasteiger partial charge in [-0.2, -0.15) is 0 Å². The van der Waals surface area contributed by atoms with Crippen molar-refractivity contribution in [3.63, 3.8) is 0 Å². The predicted molar refractivity (Wildman–Crippen MR) is 118 cm³/mol. The van der Waals surface area contributed by atoms with Gasteiger partial charge in [-0.15, -0.1) is 21.5 Å². The summed E-state index contributed by atoms with van der Waals surface area (Å²) in [6.45, 7) is 2.88. The number of halogens is 1. The van der Waals surface area contributed by atoms with E-state index in [2.05, 4.69) is 27.0 Å². The zero-order chi connectivity index (χ0) is 20.8. The number of rotatable bonds is 9. The maximum Gasteiger partial charge on any atom is 0.234 e. The van der Waals surface area contributed by atoms with Crippen molar-refractivity contribution in [3.05, 3.63) is 34.7 Å². The average Bonchev–Trinajstić information content (AvgIpc) is 3.37. The van der Waals surface area contributed by atoms with Gasteiger partial charge >= 0.3 is 0 Å². The van der Waals surface area contributed by atoms with Crippen molar-refractivity contribution in [2.75, 3.05) is 25.3 Å². The van der Waals surface area contributed by atoms with Crippen LogP contribution in [0.3, 0.4) is 0 Å². The molecule has 0 radical (unpaired) electrons. The largest absolute Gasteiger partial charge is 0.495 e. The summed E-state index contributed by atoms with van der Waals surface area (Å²) >= 11 is 9.07. The van der Waals surface area contributed by atoms with Gasteiger partial charge in [0, 0.05) is 18.7 Å². The van der Waals surface area contributed by atoms with Gasteiger partial charge in [0.2, 0.25) is 5.91 Å². The second-order valence-electron chi connectivity index (χ2n) is 5.96. The minimum absolute atomic E-state index is 0.181. The fourth-order valence-electron chi connectivity index (χ4n) is 2.68. The maximum atomic E-state index is 12.5. The van der Waals surface area contributed by atoms with Crippen molar-refractivity contribution in [2.24, 2.45) is 0 Å². The highest BCUT2D eigenvalue weighted by Gasteiger charge is 2.17. The number of hydrogen-bond donors (Lipinski definition) is 1. The van der Waals surface area contributed by atoms with Crippen LogP contribution in [0.2, 0.25) is 5.02 Å². The van der Waals surface area contributed by atoms with E-state index in [1.54, 1.807) is 23.5 Å². The number of benzene rings is 1. The second kappa shape index (κ2) is 10.00. The Bertz CT molecular complexity index is 976. The van der Waals surface area contributed by atoms with E-state index in [0.29, 0.717) is 27.4 Å². The first-order valence-corrected chi connectivity index (χ1v) is 11.1. The molecule has 3 rings (SSSR count). The molecule has 0 saturated heterocycles. The van der Waals surface area contributed by atoms with Crippen LogP contribution >= 0.6 is 34.7 Å². The molecule has 0 aliphatic heterocycles. The minimum Gasteiger partial charge on any atom is -0.495 e. The normalized spacial score (nSPS) is 10.8. The number of hydrogen-bond acceptors (Lipinski definition) is 7. The van der Waals surface area contributed by atoms with Gasteiger partial charge in [-0.05, 0) is 17.9 Å². The van der Waals surface area contributed by atoms with Gasteiger partial charge in [0.05, 0.1) is 35.6 Å². The van der Waals surface area contributed by atoms with Crippen LogP contribution in [0.5, 0.6) is 11.5 Å². The summed E-state index contributed by atoms with van der Waals surface area (Å²) in [6, 6.07) is 7.24. The average molecular weight is 453 g/mol. The zero-order valence-corrected chi connectivity index (χ0v) is 18.7. The first kappa shape index (κ1) is 21.5. The number of anilines is 1. The Balaban J connectivity index is 1.72. The highest BCUT2D eigenvalue weighted by atomic mass is 35.5. The standard InChI is InChI=1S/C19H21ClN4O3S2/c1-4-7-24-18(16-6-5-8-28-16)22-23-19(24)29-11-17(25)21-13-10-14(26-2)12(20)9-15(13)27-3/h5-6,8-10H,4,7,11H2,1-3H3,(H,21,25). The number of nitrogens with one attached hydrogen (secondary N) is 1. The van der Waals surface area contributed by atoms with Crippen LogP contribution in [0.15, 0.2) is 34.8 Å². The molecule has 0 saturated carbocycles. The first-order valence-electron chi connectivity index (χ1n) is 8.88. The van der Waals surface area contributed by atoms with Crippen LogP contribution in [-0.2, 0) is 11.3 Å². The van der Waals surface area contributed by atoms with Gasteiger partial charge in [-0.25, -0.2) is 0 Å². The van der Waals surface area contributed by atoms with E-state index >= 15 is 0 Å². The van der Waals surface area contributed by atoms with Crippen LogP contribution in [0.1, 0.15) is 13.3 Å². The Morgan fingerprint density at radius 1 is 1.28 bits per heavy atom. The van der Waals surface area contributed by atoms with Gasteiger partial charge in [-0.1, -0.05) is 36.4 Å². The molecule has 0 aliphatic rings. The van der Waals surface area contributed by atoms with Crippen LogP contribution in [0.4, 0.5) is 5.69 Å². The summed E-state index contributed by atoms with van der Waals surface area (Å²) in [4.78, 5) is 13.6. The maximum absolute atomic E-state index is 12.5. The van der Waals surface area contributed by atoms with E-state index in [1.807, 2.05) is 17.5 Å². The number of thiophene rings is 1. The lowest BCUT2D eigenvalue weighted by Crippen LogP contribution is -2.15. The van der Waals surface area contributed by atoms with Gasteiger partial charge in [-0.3, -0.25) is 4.79 Å². The lowest BCUT2D eigenvalue weighted by atomic mass is 10.2. The number of nitrogens with zero attached hydrogens (tertiary/aromatic N) is 3. The molecular weight excluding hydrogens is 432 g/mol. The molecule has 0 aliphatic carbocycles. The molecule has 2 heterocycles. The molecule has 0 spiro atoms. The monoisotopic (exact) mass is 452 g/mol. The number of methoxy groups -OCH3 is 2. The molecule has 0 atom stereocenters. The molecule has 154 valence electrons. The highest BCUT2D eigenvalue weighted by molar-refractivity contribution is 7.99. The Labute approximate surface area is 182 Å². The summed E-state index contributed by atoms with van der Waals surface area (Å²) in [5.41, 5.74) is 0.494. The van der Waals surface area contributed by atoms with Crippen molar-refractivity contribution in [1.29, 1.82) is 0 Å². The third kappa shape index (κ3) is 5.04. The Morgan fingerprint density at radius 3 is 2.72 bits per heavy atom. The molecule has 0 unspecified atom stereocenters. The molecule has 3 aromatic rings. The molecule has 1 amide bonds. The van der Waals surface area contributed by atoms with E-state index in [0.717, 1.165) is 23.7 Å². The number of carbonyl (C=O) groups is 1. The fourth-order valence-corrected chi connectivity index (χ4v) is 4.40. The van der Waals surface area contributed by atoms with Crippen LogP contribution in [0, 0.1) is 0 Å². The number of amides is 1.